The first-order valence-corrected chi connectivity index (χ1v) is 8.48. The number of hydrogen-bond donors (Lipinski definition) is 3. The number of nitrogens with two attached hydrogens (primary N) is 1. The van der Waals surface area contributed by atoms with E-state index in [0.29, 0.717) is 5.56 Å². The second kappa shape index (κ2) is 7.05. The molecule has 0 spiro atoms. The predicted molar refractivity (Wildman–Crippen MR) is 97.0 cm³/mol. The topological polar surface area (TPSA) is 75.3 Å². The normalized spacial score (nSPS) is 20.6. The molecule has 1 saturated carbocycles. The van der Waals surface area contributed by atoms with Crippen LogP contribution in [-0.2, 0) is 0 Å². The summed E-state index contributed by atoms with van der Waals surface area (Å²) in [5, 5.41) is 13.0. The summed E-state index contributed by atoms with van der Waals surface area (Å²) < 4.78 is 0. The van der Waals surface area contributed by atoms with E-state index in [1.807, 2.05) is 37.3 Å². The van der Waals surface area contributed by atoms with Crippen LogP contribution < -0.4 is 11.1 Å². The highest BCUT2D eigenvalue weighted by Crippen LogP contribution is 2.28. The summed E-state index contributed by atoms with van der Waals surface area (Å²) in [5.74, 6) is -0.428. The van der Waals surface area contributed by atoms with Gasteiger partial charge >= 0.3 is 0 Å². The van der Waals surface area contributed by atoms with Gasteiger partial charge in [-0.05, 0) is 55.9 Å². The molecule has 4 N–H and O–H groups in total. The van der Waals surface area contributed by atoms with Crippen LogP contribution in [0.4, 0.5) is 5.69 Å². The first-order valence-electron chi connectivity index (χ1n) is 8.48. The van der Waals surface area contributed by atoms with E-state index in [-0.39, 0.29) is 12.1 Å². The lowest BCUT2D eigenvalue weighted by Crippen LogP contribution is -2.29. The summed E-state index contributed by atoms with van der Waals surface area (Å²) >= 11 is 0. The number of rotatable bonds is 4. The summed E-state index contributed by atoms with van der Waals surface area (Å²) in [6.45, 7) is 2.05. The van der Waals surface area contributed by atoms with Crippen LogP contribution in [-0.4, -0.2) is 23.2 Å². The van der Waals surface area contributed by atoms with E-state index in [1.54, 1.807) is 0 Å². The summed E-state index contributed by atoms with van der Waals surface area (Å²) in [6, 6.07) is 14.3. The number of anilines is 1. The Labute approximate surface area is 142 Å². The second-order valence-electron chi connectivity index (χ2n) is 6.64. The molecule has 4 heteroatoms. The molecule has 3 rings (SSSR count). The van der Waals surface area contributed by atoms with E-state index in [9.17, 15) is 9.90 Å². The Morgan fingerprint density at radius 3 is 2.29 bits per heavy atom. The number of aryl methyl sites for hydroxylation is 1. The van der Waals surface area contributed by atoms with Crippen LogP contribution in [0.1, 0.15) is 41.6 Å². The van der Waals surface area contributed by atoms with E-state index in [2.05, 4.69) is 17.4 Å². The monoisotopic (exact) mass is 324 g/mol. The lowest BCUT2D eigenvalue weighted by Gasteiger charge is -2.27. The van der Waals surface area contributed by atoms with Crippen LogP contribution >= 0.6 is 0 Å². The Balaban J connectivity index is 1.85. The van der Waals surface area contributed by atoms with Crippen molar-refractivity contribution in [3.05, 3.63) is 53.6 Å². The number of benzene rings is 2. The van der Waals surface area contributed by atoms with Crippen molar-refractivity contribution < 1.29 is 9.90 Å². The van der Waals surface area contributed by atoms with Crippen molar-refractivity contribution in [3.63, 3.8) is 0 Å². The van der Waals surface area contributed by atoms with E-state index in [1.165, 1.54) is 5.56 Å². The number of aliphatic hydroxyl groups excluding tert-OH is 1. The molecule has 0 bridgehead atoms. The maximum atomic E-state index is 11.9. The van der Waals surface area contributed by atoms with Crippen LogP contribution in [0, 0.1) is 6.92 Å². The van der Waals surface area contributed by atoms with Gasteiger partial charge in [0.05, 0.1) is 11.7 Å². The SMILES string of the molecule is Cc1ccc(-c2ccc(NC3CCC(O)CC3)c(C(N)=O)c2)cc1. The van der Waals surface area contributed by atoms with E-state index >= 15 is 0 Å². The predicted octanol–water partition coefficient (Wildman–Crippen LogP) is 3.48. The minimum absolute atomic E-state index is 0.192. The molecule has 126 valence electrons. The van der Waals surface area contributed by atoms with Crippen molar-refractivity contribution in [2.24, 2.45) is 5.73 Å². The largest absolute Gasteiger partial charge is 0.393 e. The van der Waals surface area contributed by atoms with Gasteiger partial charge in [-0.25, -0.2) is 0 Å². The summed E-state index contributed by atoms with van der Waals surface area (Å²) in [7, 11) is 0. The van der Waals surface area contributed by atoms with Gasteiger partial charge in [0, 0.05) is 11.7 Å². The molecule has 1 aliphatic rings. The Kier molecular flexibility index (Phi) is 4.86. The van der Waals surface area contributed by atoms with Crippen molar-refractivity contribution in [2.75, 3.05) is 5.32 Å². The molecule has 24 heavy (non-hydrogen) atoms. The molecular weight excluding hydrogens is 300 g/mol. The molecule has 2 aromatic carbocycles. The second-order valence-corrected chi connectivity index (χ2v) is 6.64. The number of aliphatic hydroxyl groups is 1. The Morgan fingerprint density at radius 1 is 1.04 bits per heavy atom. The van der Waals surface area contributed by atoms with Gasteiger partial charge in [0.15, 0.2) is 0 Å². The van der Waals surface area contributed by atoms with Crippen LogP contribution in [0.3, 0.4) is 0 Å². The third kappa shape index (κ3) is 3.77. The smallest absolute Gasteiger partial charge is 0.250 e. The van der Waals surface area contributed by atoms with Gasteiger partial charge in [-0.3, -0.25) is 4.79 Å². The molecule has 1 fully saturated rings. The Morgan fingerprint density at radius 2 is 1.67 bits per heavy atom. The number of hydrogen-bond acceptors (Lipinski definition) is 3. The number of nitrogens with one attached hydrogen (secondary N) is 1. The van der Waals surface area contributed by atoms with Crippen molar-refractivity contribution in [2.45, 2.75) is 44.8 Å². The average Bonchev–Trinajstić information content (AvgIpc) is 2.58. The van der Waals surface area contributed by atoms with Crippen LogP contribution in [0.5, 0.6) is 0 Å². The fourth-order valence-electron chi connectivity index (χ4n) is 3.24. The van der Waals surface area contributed by atoms with Gasteiger partial charge in [-0.15, -0.1) is 0 Å². The Bertz CT molecular complexity index is 717. The molecule has 0 aliphatic heterocycles. The van der Waals surface area contributed by atoms with Crippen LogP contribution in [0.25, 0.3) is 11.1 Å². The summed E-state index contributed by atoms with van der Waals surface area (Å²) in [6.07, 6.45) is 3.20. The maximum absolute atomic E-state index is 11.9. The van der Waals surface area contributed by atoms with Gasteiger partial charge in [-0.1, -0.05) is 35.9 Å². The zero-order valence-electron chi connectivity index (χ0n) is 14.0. The third-order valence-electron chi connectivity index (χ3n) is 4.73. The van der Waals surface area contributed by atoms with Gasteiger partial charge < -0.3 is 16.2 Å². The van der Waals surface area contributed by atoms with Crippen LogP contribution in [0.2, 0.25) is 0 Å². The number of carbonyl (C=O) groups is 1. The fourth-order valence-corrected chi connectivity index (χ4v) is 3.24. The zero-order chi connectivity index (χ0) is 17.1. The lowest BCUT2D eigenvalue weighted by molar-refractivity contribution is 0.100. The van der Waals surface area contributed by atoms with Crippen molar-refractivity contribution in [1.29, 1.82) is 0 Å². The highest BCUT2D eigenvalue weighted by molar-refractivity contribution is 5.99. The maximum Gasteiger partial charge on any atom is 0.250 e. The standard InChI is InChI=1S/C20H24N2O2/c1-13-2-4-14(5-3-13)15-6-11-19(18(12-15)20(21)24)22-16-7-9-17(23)10-8-16/h2-6,11-12,16-17,22-23H,7-10H2,1H3,(H2,21,24). The highest BCUT2D eigenvalue weighted by Gasteiger charge is 2.20. The molecule has 4 nitrogen and oxygen atoms in total. The molecule has 0 radical (unpaired) electrons. The lowest BCUT2D eigenvalue weighted by atomic mass is 9.92. The van der Waals surface area contributed by atoms with Crippen molar-refractivity contribution in [1.82, 2.24) is 0 Å². The molecule has 0 heterocycles. The first kappa shape index (κ1) is 16.5. The van der Waals surface area contributed by atoms with E-state index in [0.717, 1.165) is 42.5 Å². The molecule has 1 aliphatic carbocycles. The number of primary amides is 1. The van der Waals surface area contributed by atoms with Crippen LogP contribution in [0.15, 0.2) is 42.5 Å². The van der Waals surface area contributed by atoms with Gasteiger partial charge in [0.2, 0.25) is 0 Å². The summed E-state index contributed by atoms with van der Waals surface area (Å²) in [5.41, 5.74) is 10.1. The average molecular weight is 324 g/mol. The van der Waals surface area contributed by atoms with Crippen molar-refractivity contribution >= 4 is 11.6 Å². The van der Waals surface area contributed by atoms with Crippen molar-refractivity contribution in [3.8, 4) is 11.1 Å². The number of carbonyl (C=O) groups excluding carboxylic acids is 1. The summed E-state index contributed by atoms with van der Waals surface area (Å²) in [4.78, 5) is 11.9. The van der Waals surface area contributed by atoms with Gasteiger partial charge in [0.25, 0.3) is 5.91 Å². The molecule has 1 amide bonds. The minimum Gasteiger partial charge on any atom is -0.393 e. The van der Waals surface area contributed by atoms with Gasteiger partial charge in [-0.2, -0.15) is 0 Å². The molecule has 0 saturated heterocycles. The molecule has 2 aromatic rings. The highest BCUT2D eigenvalue weighted by atomic mass is 16.3. The minimum atomic E-state index is -0.428. The Hall–Kier alpha value is -2.33. The fraction of sp³-hybridized carbons (Fsp3) is 0.350. The molecule has 0 unspecified atom stereocenters. The zero-order valence-corrected chi connectivity index (χ0v) is 14.0. The molecular formula is C20H24N2O2. The number of amides is 1. The van der Waals surface area contributed by atoms with Gasteiger partial charge in [0.1, 0.15) is 0 Å². The quantitative estimate of drug-likeness (QED) is 0.806. The molecule has 0 aromatic heterocycles. The van der Waals surface area contributed by atoms with E-state index in [4.69, 9.17) is 5.73 Å². The third-order valence-corrected chi connectivity index (χ3v) is 4.73. The molecule has 0 atom stereocenters. The van der Waals surface area contributed by atoms with E-state index < -0.39 is 5.91 Å². The first-order chi connectivity index (χ1) is 11.5.